The highest BCUT2D eigenvalue weighted by Crippen LogP contribution is 2.27. The smallest absolute Gasteiger partial charge is 0.0695 e. The molecule has 0 aromatic rings. The van der Waals surface area contributed by atoms with E-state index in [0.29, 0.717) is 6.04 Å². The van der Waals surface area contributed by atoms with E-state index in [4.69, 9.17) is 0 Å². The fraction of sp³-hybridized carbons (Fsp3) is 1.00. The van der Waals surface area contributed by atoms with Crippen LogP contribution in [0.25, 0.3) is 0 Å². The maximum atomic E-state index is 9.84. The molecule has 0 heterocycles. The first kappa shape index (κ1) is 11.0. The largest absolute Gasteiger partial charge is 0.391 e. The molecule has 0 spiro atoms. The normalized spacial score (nSPS) is 35.3. The van der Waals surface area contributed by atoms with Crippen LogP contribution < -0.4 is 0 Å². The van der Waals surface area contributed by atoms with Gasteiger partial charge in [0.1, 0.15) is 0 Å². The topological polar surface area (TPSA) is 23.5 Å². The summed E-state index contributed by atoms with van der Waals surface area (Å²) in [6.45, 7) is 5.59. The van der Waals surface area contributed by atoms with E-state index in [1.807, 2.05) is 0 Å². The number of likely N-dealkylation sites (N-methyl/N-ethyl adjacent to an activating group) is 1. The quantitative estimate of drug-likeness (QED) is 0.725. The fourth-order valence-electron chi connectivity index (χ4n) is 2.33. The lowest BCUT2D eigenvalue weighted by atomic mass is 9.84. The standard InChI is InChI=1S/C11H23NO/c1-4-7-12(3)10-8-9(2)5-6-11(10)13/h9-11,13H,4-8H2,1-3H3. The molecule has 1 saturated carbocycles. The minimum atomic E-state index is -0.0900. The predicted molar refractivity (Wildman–Crippen MR) is 55.7 cm³/mol. The zero-order valence-corrected chi connectivity index (χ0v) is 9.16. The molecule has 1 fully saturated rings. The van der Waals surface area contributed by atoms with Crippen LogP contribution in [-0.2, 0) is 0 Å². The van der Waals surface area contributed by atoms with Crippen molar-refractivity contribution in [2.24, 2.45) is 5.92 Å². The van der Waals surface area contributed by atoms with Crippen LogP contribution in [0.4, 0.5) is 0 Å². The van der Waals surface area contributed by atoms with Crippen molar-refractivity contribution in [3.05, 3.63) is 0 Å². The number of aliphatic hydroxyl groups is 1. The highest BCUT2D eigenvalue weighted by molar-refractivity contribution is 4.84. The van der Waals surface area contributed by atoms with E-state index in [-0.39, 0.29) is 6.10 Å². The van der Waals surface area contributed by atoms with Gasteiger partial charge in [-0.15, -0.1) is 0 Å². The number of nitrogens with zero attached hydrogens (tertiary/aromatic N) is 1. The average Bonchev–Trinajstić information content (AvgIpc) is 2.09. The summed E-state index contributed by atoms with van der Waals surface area (Å²) in [5, 5.41) is 9.84. The van der Waals surface area contributed by atoms with Crippen molar-refractivity contribution in [3.8, 4) is 0 Å². The summed E-state index contributed by atoms with van der Waals surface area (Å²) in [4.78, 5) is 2.32. The third-order valence-corrected chi connectivity index (χ3v) is 3.19. The first-order chi connectivity index (χ1) is 6.15. The maximum absolute atomic E-state index is 9.84. The summed E-state index contributed by atoms with van der Waals surface area (Å²) in [5.74, 6) is 0.785. The minimum Gasteiger partial charge on any atom is -0.391 e. The number of aliphatic hydroxyl groups excluding tert-OH is 1. The van der Waals surface area contributed by atoms with Crippen molar-refractivity contribution < 1.29 is 5.11 Å². The van der Waals surface area contributed by atoms with E-state index in [0.717, 1.165) is 25.3 Å². The van der Waals surface area contributed by atoms with Gasteiger partial charge >= 0.3 is 0 Å². The summed E-state index contributed by atoms with van der Waals surface area (Å²) >= 11 is 0. The van der Waals surface area contributed by atoms with Crippen LogP contribution in [-0.4, -0.2) is 35.7 Å². The van der Waals surface area contributed by atoms with E-state index in [9.17, 15) is 5.11 Å². The van der Waals surface area contributed by atoms with Gasteiger partial charge < -0.3 is 10.0 Å². The average molecular weight is 185 g/mol. The third-order valence-electron chi connectivity index (χ3n) is 3.19. The Morgan fingerprint density at radius 1 is 1.38 bits per heavy atom. The molecule has 0 aromatic heterocycles. The molecular formula is C11H23NO. The fourth-order valence-corrected chi connectivity index (χ4v) is 2.33. The first-order valence-corrected chi connectivity index (χ1v) is 5.53. The van der Waals surface area contributed by atoms with Crippen molar-refractivity contribution in [3.63, 3.8) is 0 Å². The maximum Gasteiger partial charge on any atom is 0.0695 e. The number of hydrogen-bond acceptors (Lipinski definition) is 2. The molecule has 1 aliphatic rings. The van der Waals surface area contributed by atoms with E-state index >= 15 is 0 Å². The monoisotopic (exact) mass is 185 g/mol. The second kappa shape index (κ2) is 4.97. The lowest BCUT2D eigenvalue weighted by molar-refractivity contribution is 0.0173. The molecule has 1 aliphatic carbocycles. The van der Waals surface area contributed by atoms with Gasteiger partial charge in [-0.2, -0.15) is 0 Å². The van der Waals surface area contributed by atoms with E-state index in [1.54, 1.807) is 0 Å². The van der Waals surface area contributed by atoms with E-state index in [2.05, 4.69) is 25.8 Å². The Hall–Kier alpha value is -0.0800. The molecule has 0 amide bonds. The van der Waals surface area contributed by atoms with Crippen molar-refractivity contribution in [2.45, 2.75) is 51.7 Å². The lowest BCUT2D eigenvalue weighted by Crippen LogP contribution is -2.45. The van der Waals surface area contributed by atoms with Gasteiger partial charge in [0.25, 0.3) is 0 Å². The molecule has 2 heteroatoms. The molecule has 1 rings (SSSR count). The summed E-state index contributed by atoms with van der Waals surface area (Å²) in [6, 6.07) is 0.406. The van der Waals surface area contributed by atoms with Crippen molar-refractivity contribution >= 4 is 0 Å². The summed E-state index contributed by atoms with van der Waals surface area (Å²) in [6.07, 6.45) is 4.43. The molecule has 78 valence electrons. The van der Waals surface area contributed by atoms with Gasteiger partial charge in [-0.25, -0.2) is 0 Å². The zero-order valence-electron chi connectivity index (χ0n) is 9.16. The van der Waals surface area contributed by atoms with Gasteiger partial charge in [0.15, 0.2) is 0 Å². The Morgan fingerprint density at radius 3 is 2.69 bits per heavy atom. The molecule has 0 radical (unpaired) electrons. The zero-order chi connectivity index (χ0) is 9.84. The Labute approximate surface area is 81.9 Å². The van der Waals surface area contributed by atoms with Gasteiger partial charge in [0.2, 0.25) is 0 Å². The molecule has 0 saturated heterocycles. The molecule has 13 heavy (non-hydrogen) atoms. The molecule has 2 nitrogen and oxygen atoms in total. The second-order valence-electron chi connectivity index (χ2n) is 4.53. The van der Waals surface area contributed by atoms with E-state index < -0.39 is 0 Å². The van der Waals surface area contributed by atoms with E-state index in [1.165, 1.54) is 12.8 Å². The highest BCUT2D eigenvalue weighted by Gasteiger charge is 2.29. The van der Waals surface area contributed by atoms with Crippen LogP contribution in [0.2, 0.25) is 0 Å². The molecule has 0 aromatic carbocycles. The van der Waals surface area contributed by atoms with Gasteiger partial charge in [0.05, 0.1) is 6.10 Å². The summed E-state index contributed by atoms with van der Waals surface area (Å²) in [7, 11) is 2.13. The van der Waals surface area contributed by atoms with Crippen molar-refractivity contribution in [2.75, 3.05) is 13.6 Å². The molecule has 0 bridgehead atoms. The van der Waals surface area contributed by atoms with Gasteiger partial charge in [-0.3, -0.25) is 0 Å². The summed E-state index contributed by atoms with van der Waals surface area (Å²) in [5.41, 5.74) is 0. The Kier molecular flexibility index (Phi) is 4.20. The van der Waals surface area contributed by atoms with Gasteiger partial charge in [0, 0.05) is 6.04 Å². The third kappa shape index (κ3) is 2.96. The molecular weight excluding hydrogens is 162 g/mol. The lowest BCUT2D eigenvalue weighted by Gasteiger charge is -2.37. The van der Waals surface area contributed by atoms with Crippen molar-refractivity contribution in [1.82, 2.24) is 4.90 Å². The van der Waals surface area contributed by atoms with Crippen LogP contribution in [0.5, 0.6) is 0 Å². The highest BCUT2D eigenvalue weighted by atomic mass is 16.3. The Bertz CT molecular complexity index is 149. The van der Waals surface area contributed by atoms with Crippen LogP contribution in [0.15, 0.2) is 0 Å². The van der Waals surface area contributed by atoms with Crippen LogP contribution >= 0.6 is 0 Å². The molecule has 1 N–H and O–H groups in total. The molecule has 3 atom stereocenters. The van der Waals surface area contributed by atoms with Crippen LogP contribution in [0.1, 0.15) is 39.5 Å². The molecule has 3 unspecified atom stereocenters. The van der Waals surface area contributed by atoms with Crippen LogP contribution in [0, 0.1) is 5.92 Å². The van der Waals surface area contributed by atoms with Crippen LogP contribution in [0.3, 0.4) is 0 Å². The minimum absolute atomic E-state index is 0.0900. The van der Waals surface area contributed by atoms with Crippen molar-refractivity contribution in [1.29, 1.82) is 0 Å². The molecule has 0 aliphatic heterocycles. The Balaban J connectivity index is 2.44. The second-order valence-corrected chi connectivity index (χ2v) is 4.53. The SMILES string of the molecule is CCCN(C)C1CC(C)CCC1O. The first-order valence-electron chi connectivity index (χ1n) is 5.53. The Morgan fingerprint density at radius 2 is 2.08 bits per heavy atom. The summed E-state index contributed by atoms with van der Waals surface area (Å²) < 4.78 is 0. The van der Waals surface area contributed by atoms with Gasteiger partial charge in [-0.1, -0.05) is 13.8 Å². The predicted octanol–water partition coefficient (Wildman–Crippen LogP) is 1.88. The number of hydrogen-bond donors (Lipinski definition) is 1. The number of rotatable bonds is 3. The van der Waals surface area contributed by atoms with Gasteiger partial charge in [-0.05, 0) is 45.2 Å².